The van der Waals surface area contributed by atoms with Gasteiger partial charge in [0.25, 0.3) is 5.91 Å². The van der Waals surface area contributed by atoms with Crippen LogP contribution in [0.25, 0.3) is 0 Å². The summed E-state index contributed by atoms with van der Waals surface area (Å²) in [4.78, 5) is 46.7. The number of benzene rings is 1. The number of Topliss-reactive ketones (excluding diaryl/α,β-unsaturated/α-hetero) is 2. The van der Waals surface area contributed by atoms with E-state index < -0.39 is 18.4 Å². The highest BCUT2D eigenvalue weighted by atomic mass is 16.5. The quantitative estimate of drug-likeness (QED) is 0.380. The van der Waals surface area contributed by atoms with Crippen molar-refractivity contribution in [2.75, 3.05) is 26.4 Å². The van der Waals surface area contributed by atoms with Crippen molar-refractivity contribution in [3.63, 3.8) is 0 Å². The number of carboxylic acids is 1. The second kappa shape index (κ2) is 12.0. The van der Waals surface area contributed by atoms with E-state index in [2.05, 4.69) is 5.32 Å². The van der Waals surface area contributed by atoms with Gasteiger partial charge in [-0.05, 0) is 18.2 Å². The maximum Gasteiger partial charge on any atom is 0.322 e. The fourth-order valence-electron chi connectivity index (χ4n) is 2.33. The van der Waals surface area contributed by atoms with Crippen LogP contribution in [0.3, 0.4) is 0 Å². The molecular formula is C21H29NO7. The number of ketones is 2. The molecule has 0 bridgehead atoms. The van der Waals surface area contributed by atoms with E-state index in [-0.39, 0.29) is 42.2 Å². The molecule has 8 nitrogen and oxygen atoms in total. The molecule has 0 fully saturated rings. The molecular weight excluding hydrogens is 378 g/mol. The van der Waals surface area contributed by atoms with Crippen molar-refractivity contribution in [3.05, 3.63) is 29.3 Å². The van der Waals surface area contributed by atoms with Crippen molar-refractivity contribution in [3.8, 4) is 5.75 Å². The van der Waals surface area contributed by atoms with Gasteiger partial charge in [0.1, 0.15) is 24.7 Å². The maximum atomic E-state index is 12.3. The Balaban J connectivity index is 2.74. The van der Waals surface area contributed by atoms with Crippen molar-refractivity contribution >= 4 is 23.4 Å². The molecule has 0 aromatic heterocycles. The highest BCUT2D eigenvalue weighted by Gasteiger charge is 2.16. The molecule has 0 radical (unpaired) electrons. The lowest BCUT2D eigenvalue weighted by Gasteiger charge is -2.12. The smallest absolute Gasteiger partial charge is 0.322 e. The third kappa shape index (κ3) is 8.87. The van der Waals surface area contributed by atoms with E-state index >= 15 is 0 Å². The normalized spacial score (nSPS) is 10.8. The fraction of sp³-hybridized carbons (Fsp3) is 0.524. The predicted octanol–water partition coefficient (Wildman–Crippen LogP) is 2.35. The molecule has 160 valence electrons. The first kappa shape index (κ1) is 24.3. The molecule has 0 aliphatic carbocycles. The molecule has 1 aromatic rings. The molecule has 1 rings (SSSR count). The Morgan fingerprint density at radius 3 is 2.17 bits per heavy atom. The van der Waals surface area contributed by atoms with Gasteiger partial charge in [-0.25, -0.2) is 0 Å². The van der Waals surface area contributed by atoms with Gasteiger partial charge in [0.2, 0.25) is 0 Å². The number of hydrogen-bond acceptors (Lipinski definition) is 6. The minimum atomic E-state index is -1.17. The Kier molecular flexibility index (Phi) is 10.0. The van der Waals surface area contributed by atoms with Crippen molar-refractivity contribution in [2.45, 2.75) is 34.1 Å². The largest absolute Gasteiger partial charge is 0.491 e. The van der Waals surface area contributed by atoms with Crippen LogP contribution in [0.5, 0.6) is 5.75 Å². The zero-order valence-electron chi connectivity index (χ0n) is 17.3. The molecule has 0 saturated carbocycles. The molecule has 2 N–H and O–H groups in total. The minimum absolute atomic E-state index is 0.0261. The highest BCUT2D eigenvalue weighted by molar-refractivity contribution is 6.02. The summed E-state index contributed by atoms with van der Waals surface area (Å²) >= 11 is 0. The van der Waals surface area contributed by atoms with Crippen LogP contribution in [-0.2, 0) is 14.3 Å². The zero-order valence-corrected chi connectivity index (χ0v) is 17.3. The number of rotatable bonds is 13. The van der Waals surface area contributed by atoms with E-state index in [0.717, 1.165) is 0 Å². The van der Waals surface area contributed by atoms with Gasteiger partial charge >= 0.3 is 5.97 Å². The standard InChI is InChI=1S/C21H29NO7/c1-13(2)18(23)5-6-28-7-8-29-17-10-15(20(26)14(3)4)9-16(11-17)21(27)22-12-19(24)25/h9-11,13-14H,5-8,12H2,1-4H3,(H,22,27)(H,24,25). The SMILES string of the molecule is CC(C)C(=O)CCOCCOc1cc(C(=O)NCC(=O)O)cc(C(=O)C(C)C)c1. The monoisotopic (exact) mass is 407 g/mol. The lowest BCUT2D eigenvalue weighted by Crippen LogP contribution is -2.29. The molecule has 0 aliphatic heterocycles. The lowest BCUT2D eigenvalue weighted by molar-refractivity contribution is -0.135. The molecule has 0 aliphatic rings. The van der Waals surface area contributed by atoms with E-state index in [4.69, 9.17) is 14.6 Å². The second-order valence-corrected chi connectivity index (χ2v) is 7.17. The first-order chi connectivity index (χ1) is 13.6. The topological polar surface area (TPSA) is 119 Å². The Bertz CT molecular complexity index is 741. The average molecular weight is 407 g/mol. The van der Waals surface area contributed by atoms with Crippen LogP contribution in [0.4, 0.5) is 0 Å². The van der Waals surface area contributed by atoms with Crippen molar-refractivity contribution in [1.29, 1.82) is 0 Å². The number of carbonyl (C=O) groups is 4. The zero-order chi connectivity index (χ0) is 22.0. The minimum Gasteiger partial charge on any atom is -0.491 e. The number of carboxylic acid groups (broad SMARTS) is 1. The van der Waals surface area contributed by atoms with Crippen LogP contribution in [0.2, 0.25) is 0 Å². The van der Waals surface area contributed by atoms with Crippen LogP contribution < -0.4 is 10.1 Å². The Hall–Kier alpha value is -2.74. The molecule has 0 spiro atoms. The number of carbonyl (C=O) groups excluding carboxylic acids is 3. The third-order valence-electron chi connectivity index (χ3n) is 4.01. The Morgan fingerprint density at radius 1 is 0.931 bits per heavy atom. The predicted molar refractivity (Wildman–Crippen MR) is 106 cm³/mol. The van der Waals surface area contributed by atoms with Gasteiger partial charge in [-0.2, -0.15) is 0 Å². The molecule has 0 saturated heterocycles. The first-order valence-electron chi connectivity index (χ1n) is 9.54. The second-order valence-electron chi connectivity index (χ2n) is 7.17. The van der Waals surface area contributed by atoms with Crippen LogP contribution in [-0.4, -0.2) is 54.9 Å². The Labute approximate surface area is 170 Å². The van der Waals surface area contributed by atoms with Gasteiger partial charge < -0.3 is 19.9 Å². The van der Waals surface area contributed by atoms with Gasteiger partial charge in [0.05, 0.1) is 13.2 Å². The van der Waals surface area contributed by atoms with Crippen LogP contribution in [0.1, 0.15) is 54.8 Å². The fourth-order valence-corrected chi connectivity index (χ4v) is 2.33. The summed E-state index contributed by atoms with van der Waals surface area (Å²) in [5.41, 5.74) is 0.442. The molecule has 0 heterocycles. The summed E-state index contributed by atoms with van der Waals surface area (Å²) in [7, 11) is 0. The summed E-state index contributed by atoms with van der Waals surface area (Å²) in [5, 5.41) is 11.0. The van der Waals surface area contributed by atoms with Crippen molar-refractivity contribution in [1.82, 2.24) is 5.32 Å². The third-order valence-corrected chi connectivity index (χ3v) is 4.01. The van der Waals surface area contributed by atoms with Gasteiger partial charge in [-0.15, -0.1) is 0 Å². The number of ether oxygens (including phenoxy) is 2. The molecule has 29 heavy (non-hydrogen) atoms. The van der Waals surface area contributed by atoms with E-state index in [1.807, 2.05) is 13.8 Å². The summed E-state index contributed by atoms with van der Waals surface area (Å²) in [6.07, 6.45) is 0.337. The average Bonchev–Trinajstić information content (AvgIpc) is 2.67. The van der Waals surface area contributed by atoms with E-state index in [0.29, 0.717) is 24.3 Å². The number of amides is 1. The molecule has 1 aromatic carbocycles. The summed E-state index contributed by atoms with van der Waals surface area (Å²) in [5.74, 6) is -1.81. The van der Waals surface area contributed by atoms with Crippen LogP contribution >= 0.6 is 0 Å². The van der Waals surface area contributed by atoms with Gasteiger partial charge in [0.15, 0.2) is 5.78 Å². The van der Waals surface area contributed by atoms with E-state index in [1.54, 1.807) is 19.9 Å². The number of nitrogens with one attached hydrogen (secondary N) is 1. The molecule has 8 heteroatoms. The summed E-state index contributed by atoms with van der Waals surface area (Å²) in [6.45, 7) is 7.34. The van der Waals surface area contributed by atoms with Gasteiger partial charge in [-0.3, -0.25) is 19.2 Å². The lowest BCUT2D eigenvalue weighted by atomic mass is 9.98. The van der Waals surface area contributed by atoms with Crippen LogP contribution in [0.15, 0.2) is 18.2 Å². The van der Waals surface area contributed by atoms with Gasteiger partial charge in [0, 0.05) is 29.4 Å². The van der Waals surface area contributed by atoms with E-state index in [1.165, 1.54) is 12.1 Å². The van der Waals surface area contributed by atoms with Crippen molar-refractivity contribution in [2.24, 2.45) is 11.8 Å². The number of hydrogen-bond donors (Lipinski definition) is 2. The maximum absolute atomic E-state index is 12.3. The van der Waals surface area contributed by atoms with Crippen LogP contribution in [0, 0.1) is 11.8 Å². The van der Waals surface area contributed by atoms with Gasteiger partial charge in [-0.1, -0.05) is 27.7 Å². The first-order valence-corrected chi connectivity index (χ1v) is 9.54. The van der Waals surface area contributed by atoms with Crippen molar-refractivity contribution < 1.29 is 33.8 Å². The summed E-state index contributed by atoms with van der Waals surface area (Å²) < 4.78 is 11.0. The molecule has 1 amide bonds. The molecule has 0 atom stereocenters. The Morgan fingerprint density at radius 2 is 1.59 bits per heavy atom. The summed E-state index contributed by atoms with van der Waals surface area (Å²) in [6, 6.07) is 4.40. The highest BCUT2D eigenvalue weighted by Crippen LogP contribution is 2.20. The number of aliphatic carboxylic acids is 1. The van der Waals surface area contributed by atoms with E-state index in [9.17, 15) is 19.2 Å². The molecule has 0 unspecified atom stereocenters.